The highest BCUT2D eigenvalue weighted by Gasteiger charge is 2.34. The number of fused-ring (bicyclic) bond motifs is 1. The van der Waals surface area contributed by atoms with Gasteiger partial charge >= 0.3 is 0 Å². The van der Waals surface area contributed by atoms with Crippen molar-refractivity contribution in [2.45, 2.75) is 26.3 Å². The molecule has 3 aromatic rings. The Hall–Kier alpha value is -2.84. The maximum absolute atomic E-state index is 13.6. The lowest BCUT2D eigenvalue weighted by molar-refractivity contribution is -0.135. The Kier molecular flexibility index (Phi) is 7.90. The fourth-order valence-electron chi connectivity index (χ4n) is 4.25. The molecule has 1 aliphatic heterocycles. The van der Waals surface area contributed by atoms with Gasteiger partial charge in [0.2, 0.25) is 5.91 Å². The first-order valence-electron chi connectivity index (χ1n) is 11.4. The first-order valence-corrected chi connectivity index (χ1v) is 13.2. The van der Waals surface area contributed by atoms with Gasteiger partial charge in [0.15, 0.2) is 11.5 Å². The van der Waals surface area contributed by atoms with Gasteiger partial charge in [-0.05, 0) is 52.9 Å². The molecule has 0 spiro atoms. The van der Waals surface area contributed by atoms with Crippen LogP contribution in [0.25, 0.3) is 0 Å². The second-order valence-corrected chi connectivity index (χ2v) is 10.6. The van der Waals surface area contributed by atoms with E-state index in [4.69, 9.17) is 9.47 Å². The summed E-state index contributed by atoms with van der Waals surface area (Å²) in [6, 6.07) is 13.1. The first-order chi connectivity index (χ1) is 16.5. The molecule has 3 heterocycles. The van der Waals surface area contributed by atoms with Crippen LogP contribution in [-0.4, -0.2) is 55.0 Å². The van der Waals surface area contributed by atoms with Crippen LogP contribution in [0.1, 0.15) is 40.0 Å². The molecule has 180 valence electrons. The highest BCUT2D eigenvalue weighted by atomic mass is 32.1. The molecular weight excluding hydrogens is 468 g/mol. The number of ether oxygens (including phenoxy) is 2. The summed E-state index contributed by atoms with van der Waals surface area (Å²) >= 11 is 3.12. The molecular formula is C26H30N2O4S2. The third-order valence-electron chi connectivity index (χ3n) is 5.81. The van der Waals surface area contributed by atoms with Crippen LogP contribution in [0.3, 0.4) is 0 Å². The lowest BCUT2D eigenvalue weighted by Gasteiger charge is -2.37. The maximum Gasteiger partial charge on any atom is 0.264 e. The molecule has 1 unspecified atom stereocenters. The van der Waals surface area contributed by atoms with Crippen LogP contribution in [0.15, 0.2) is 53.2 Å². The smallest absolute Gasteiger partial charge is 0.264 e. The van der Waals surface area contributed by atoms with Gasteiger partial charge in [-0.1, -0.05) is 32.0 Å². The van der Waals surface area contributed by atoms with Gasteiger partial charge in [0.05, 0.1) is 18.0 Å². The lowest BCUT2D eigenvalue weighted by atomic mass is 10.00. The van der Waals surface area contributed by atoms with Crippen LogP contribution in [0.5, 0.6) is 11.5 Å². The van der Waals surface area contributed by atoms with E-state index in [1.807, 2.05) is 46.7 Å². The maximum atomic E-state index is 13.6. The van der Waals surface area contributed by atoms with Crippen molar-refractivity contribution in [2.24, 2.45) is 5.92 Å². The fraction of sp³-hybridized carbons (Fsp3) is 0.385. The van der Waals surface area contributed by atoms with Gasteiger partial charge in [-0.3, -0.25) is 9.59 Å². The number of thiophene rings is 2. The monoisotopic (exact) mass is 498 g/mol. The number of nitrogens with zero attached hydrogens (tertiary/aromatic N) is 2. The number of rotatable bonds is 9. The molecule has 0 saturated carbocycles. The summed E-state index contributed by atoms with van der Waals surface area (Å²) in [5, 5.41) is 3.96. The van der Waals surface area contributed by atoms with E-state index < -0.39 is 0 Å². The summed E-state index contributed by atoms with van der Waals surface area (Å²) in [5.74, 6) is 1.41. The molecule has 0 radical (unpaired) electrons. The van der Waals surface area contributed by atoms with E-state index in [1.54, 1.807) is 23.3 Å². The Bertz CT molecular complexity index is 1110. The molecule has 2 aromatic heterocycles. The van der Waals surface area contributed by atoms with E-state index >= 15 is 0 Å². The molecule has 34 heavy (non-hydrogen) atoms. The fourth-order valence-corrected chi connectivity index (χ4v) is 5.87. The Labute approximate surface area is 208 Å². The molecule has 0 fully saturated rings. The van der Waals surface area contributed by atoms with E-state index in [-0.39, 0.29) is 30.3 Å². The molecule has 2 amide bonds. The number of hydrogen-bond donors (Lipinski definition) is 0. The number of carbonyl (C=O) groups excluding carboxylic acids is 2. The summed E-state index contributed by atoms with van der Waals surface area (Å²) in [5.41, 5.74) is 1.12. The number of amides is 2. The molecule has 0 saturated heterocycles. The standard InChI is InChI=1S/C26H30N2O4S2/c1-18(2)15-27(26(30)24-9-6-13-33-24)16-25(29)28-12-10-23-19(11-14-34-23)20(28)17-32-22-8-5-4-7-21(22)31-3/h4-9,11,13-14,18,20H,10,12,15-17H2,1-3H3. The van der Waals surface area contributed by atoms with Crippen molar-refractivity contribution >= 4 is 34.5 Å². The molecule has 6 nitrogen and oxygen atoms in total. The summed E-state index contributed by atoms with van der Waals surface area (Å²) in [6.45, 7) is 5.62. The average molecular weight is 499 g/mol. The van der Waals surface area contributed by atoms with E-state index in [0.717, 1.165) is 12.0 Å². The van der Waals surface area contributed by atoms with E-state index in [0.29, 0.717) is 36.1 Å². The van der Waals surface area contributed by atoms with Gasteiger partial charge in [-0.25, -0.2) is 0 Å². The van der Waals surface area contributed by atoms with Crippen molar-refractivity contribution in [3.63, 3.8) is 0 Å². The van der Waals surface area contributed by atoms with Crippen LogP contribution in [0, 0.1) is 5.92 Å². The number of benzene rings is 1. The van der Waals surface area contributed by atoms with E-state index in [1.165, 1.54) is 16.2 Å². The highest BCUT2D eigenvalue weighted by molar-refractivity contribution is 7.12. The second kappa shape index (κ2) is 11.1. The minimum Gasteiger partial charge on any atom is -0.493 e. The summed E-state index contributed by atoms with van der Waals surface area (Å²) < 4.78 is 11.6. The molecule has 1 atom stereocenters. The minimum absolute atomic E-state index is 0.0551. The molecule has 0 N–H and O–H groups in total. The topological polar surface area (TPSA) is 59.1 Å². The Morgan fingerprint density at radius 3 is 2.59 bits per heavy atom. The Balaban J connectivity index is 1.54. The predicted molar refractivity (Wildman–Crippen MR) is 136 cm³/mol. The molecule has 4 rings (SSSR count). The third-order valence-corrected chi connectivity index (χ3v) is 7.67. The van der Waals surface area contributed by atoms with Crippen LogP contribution in [-0.2, 0) is 11.2 Å². The normalized spacial score (nSPS) is 15.2. The SMILES string of the molecule is COc1ccccc1OCC1c2ccsc2CCN1C(=O)CN(CC(C)C)C(=O)c1cccs1. The van der Waals surface area contributed by atoms with E-state index in [9.17, 15) is 9.59 Å². The van der Waals surface area contributed by atoms with Crippen molar-refractivity contribution in [3.8, 4) is 11.5 Å². The van der Waals surface area contributed by atoms with Crippen molar-refractivity contribution in [1.82, 2.24) is 9.80 Å². The third kappa shape index (κ3) is 5.45. The Morgan fingerprint density at radius 2 is 1.88 bits per heavy atom. The van der Waals surface area contributed by atoms with Crippen LogP contribution in [0.4, 0.5) is 0 Å². The van der Waals surface area contributed by atoms with E-state index in [2.05, 4.69) is 25.3 Å². The Morgan fingerprint density at radius 1 is 1.09 bits per heavy atom. The van der Waals surface area contributed by atoms with Gasteiger partial charge in [-0.2, -0.15) is 0 Å². The summed E-state index contributed by atoms with van der Waals surface area (Å²) in [6.07, 6.45) is 0.812. The zero-order valence-corrected chi connectivity index (χ0v) is 21.4. The van der Waals surface area contributed by atoms with Crippen molar-refractivity contribution in [3.05, 3.63) is 68.5 Å². The largest absolute Gasteiger partial charge is 0.493 e. The van der Waals surface area contributed by atoms with Gasteiger partial charge in [0, 0.05) is 18.0 Å². The summed E-state index contributed by atoms with van der Waals surface area (Å²) in [4.78, 5) is 32.2. The van der Waals surface area contributed by atoms with Crippen LogP contribution < -0.4 is 9.47 Å². The van der Waals surface area contributed by atoms with Crippen molar-refractivity contribution in [2.75, 3.05) is 33.4 Å². The second-order valence-electron chi connectivity index (χ2n) is 8.67. The number of carbonyl (C=O) groups is 2. The minimum atomic E-state index is -0.217. The average Bonchev–Trinajstić information content (AvgIpc) is 3.53. The molecule has 1 aromatic carbocycles. The number of methoxy groups -OCH3 is 1. The van der Waals surface area contributed by atoms with Gasteiger partial charge in [0.25, 0.3) is 5.91 Å². The van der Waals surface area contributed by atoms with Gasteiger partial charge in [-0.15, -0.1) is 22.7 Å². The lowest BCUT2D eigenvalue weighted by Crippen LogP contribution is -2.48. The van der Waals surface area contributed by atoms with Gasteiger partial charge in [0.1, 0.15) is 13.2 Å². The molecule has 1 aliphatic rings. The van der Waals surface area contributed by atoms with Crippen molar-refractivity contribution in [1.29, 1.82) is 0 Å². The quantitative estimate of drug-likeness (QED) is 0.411. The number of para-hydroxylation sites is 2. The predicted octanol–water partition coefficient (Wildman–Crippen LogP) is 5.12. The van der Waals surface area contributed by atoms with Crippen molar-refractivity contribution < 1.29 is 19.1 Å². The zero-order chi connectivity index (χ0) is 24.1. The molecule has 0 aliphatic carbocycles. The number of hydrogen-bond acceptors (Lipinski definition) is 6. The molecule has 8 heteroatoms. The highest BCUT2D eigenvalue weighted by Crippen LogP contribution is 2.35. The van der Waals surface area contributed by atoms with Crippen LogP contribution in [0.2, 0.25) is 0 Å². The van der Waals surface area contributed by atoms with Crippen LogP contribution >= 0.6 is 22.7 Å². The first kappa shape index (κ1) is 24.3. The zero-order valence-electron chi connectivity index (χ0n) is 19.7. The molecule has 0 bridgehead atoms. The van der Waals surface area contributed by atoms with Gasteiger partial charge < -0.3 is 19.3 Å². The summed E-state index contributed by atoms with van der Waals surface area (Å²) in [7, 11) is 1.61.